The third-order valence-corrected chi connectivity index (χ3v) is 5.95. The Balaban J connectivity index is 1.42. The molecular weight excluding hydrogens is 358 g/mol. The Morgan fingerprint density at radius 1 is 1.15 bits per heavy atom. The lowest BCUT2D eigenvalue weighted by Gasteiger charge is -2.17. The second-order valence-corrected chi connectivity index (χ2v) is 7.86. The van der Waals surface area contributed by atoms with E-state index in [1.807, 2.05) is 30.3 Å². The van der Waals surface area contributed by atoms with Gasteiger partial charge in [-0.3, -0.25) is 4.79 Å². The Morgan fingerprint density at radius 2 is 1.89 bits per heavy atom. The fourth-order valence-electron chi connectivity index (χ4n) is 3.18. The standard InChI is InChI=1S/C21H21N3O2S/c1-15-23-19(24-26-15)13-27-18-10-6-5-9-17(18)20(25)22-14-21(11-12-21)16-7-3-2-4-8-16/h2-10H,11-14H2,1H3,(H,22,25). The number of carbonyl (C=O) groups excluding carboxylic acids is 1. The number of hydrogen-bond donors (Lipinski definition) is 1. The SMILES string of the molecule is Cc1nc(CSc2ccccc2C(=O)NCC2(c3ccccc3)CC2)no1. The molecule has 5 nitrogen and oxygen atoms in total. The summed E-state index contributed by atoms with van der Waals surface area (Å²) in [6, 6.07) is 18.1. The fourth-order valence-corrected chi connectivity index (χ4v) is 4.07. The van der Waals surface area contributed by atoms with Gasteiger partial charge in [-0.1, -0.05) is 47.6 Å². The summed E-state index contributed by atoms with van der Waals surface area (Å²) in [5.41, 5.74) is 2.09. The van der Waals surface area contributed by atoms with Crippen molar-refractivity contribution in [2.75, 3.05) is 6.54 Å². The van der Waals surface area contributed by atoms with Gasteiger partial charge in [0.05, 0.1) is 11.3 Å². The van der Waals surface area contributed by atoms with E-state index in [2.05, 4.69) is 39.7 Å². The van der Waals surface area contributed by atoms with Gasteiger partial charge in [-0.25, -0.2) is 0 Å². The summed E-state index contributed by atoms with van der Waals surface area (Å²) in [5.74, 6) is 1.71. The van der Waals surface area contributed by atoms with Crippen LogP contribution in [-0.2, 0) is 11.2 Å². The molecule has 1 aromatic heterocycles. The summed E-state index contributed by atoms with van der Waals surface area (Å²) >= 11 is 1.54. The van der Waals surface area contributed by atoms with Gasteiger partial charge in [0.25, 0.3) is 5.91 Å². The van der Waals surface area contributed by atoms with Crippen LogP contribution in [0, 0.1) is 6.92 Å². The van der Waals surface area contributed by atoms with E-state index in [4.69, 9.17) is 4.52 Å². The molecule has 1 N–H and O–H groups in total. The maximum absolute atomic E-state index is 12.8. The van der Waals surface area contributed by atoms with Crippen LogP contribution in [0.1, 0.15) is 40.5 Å². The second kappa shape index (κ2) is 7.56. The first kappa shape index (κ1) is 17.8. The highest BCUT2D eigenvalue weighted by Gasteiger charge is 2.44. The number of amides is 1. The van der Waals surface area contributed by atoms with Gasteiger partial charge < -0.3 is 9.84 Å². The first-order valence-corrected chi connectivity index (χ1v) is 10.00. The van der Waals surface area contributed by atoms with E-state index in [0.29, 0.717) is 29.6 Å². The minimum absolute atomic E-state index is 0.0374. The minimum atomic E-state index is -0.0374. The summed E-state index contributed by atoms with van der Waals surface area (Å²) in [4.78, 5) is 17.9. The van der Waals surface area contributed by atoms with E-state index in [9.17, 15) is 4.79 Å². The molecule has 0 atom stereocenters. The second-order valence-electron chi connectivity index (χ2n) is 6.84. The largest absolute Gasteiger partial charge is 0.351 e. The predicted molar refractivity (Wildman–Crippen MR) is 105 cm³/mol. The molecule has 0 aliphatic heterocycles. The van der Waals surface area contributed by atoms with Crippen LogP contribution in [-0.4, -0.2) is 22.6 Å². The van der Waals surface area contributed by atoms with Gasteiger partial charge in [0.15, 0.2) is 5.82 Å². The van der Waals surface area contributed by atoms with Crippen LogP contribution in [0.25, 0.3) is 0 Å². The van der Waals surface area contributed by atoms with Gasteiger partial charge in [-0.15, -0.1) is 11.8 Å². The maximum Gasteiger partial charge on any atom is 0.252 e. The zero-order chi connectivity index (χ0) is 18.7. The molecule has 2 aromatic carbocycles. The molecular formula is C21H21N3O2S. The van der Waals surface area contributed by atoms with Gasteiger partial charge >= 0.3 is 0 Å². The van der Waals surface area contributed by atoms with E-state index < -0.39 is 0 Å². The molecule has 3 aromatic rings. The number of nitrogens with zero attached hydrogens (tertiary/aromatic N) is 2. The molecule has 1 saturated carbocycles. The zero-order valence-corrected chi connectivity index (χ0v) is 16.0. The van der Waals surface area contributed by atoms with Crippen LogP contribution in [0.15, 0.2) is 64.0 Å². The predicted octanol–water partition coefficient (Wildman–Crippen LogP) is 4.13. The van der Waals surface area contributed by atoms with Gasteiger partial charge in [0, 0.05) is 23.8 Å². The first-order chi connectivity index (χ1) is 13.2. The van der Waals surface area contributed by atoms with E-state index in [-0.39, 0.29) is 11.3 Å². The van der Waals surface area contributed by atoms with Crippen LogP contribution in [0.3, 0.4) is 0 Å². The summed E-state index contributed by atoms with van der Waals surface area (Å²) in [5, 5.41) is 7.05. The molecule has 0 unspecified atom stereocenters. The quantitative estimate of drug-likeness (QED) is 0.625. The van der Waals surface area contributed by atoms with Gasteiger partial charge in [0.1, 0.15) is 0 Å². The Kier molecular flexibility index (Phi) is 4.99. The molecule has 1 aliphatic rings. The van der Waals surface area contributed by atoms with E-state index >= 15 is 0 Å². The Hall–Kier alpha value is -2.60. The average molecular weight is 379 g/mol. The van der Waals surface area contributed by atoms with Crippen molar-refractivity contribution < 1.29 is 9.32 Å². The molecule has 138 valence electrons. The Morgan fingerprint density at radius 3 is 2.59 bits per heavy atom. The monoisotopic (exact) mass is 379 g/mol. The van der Waals surface area contributed by atoms with Crippen LogP contribution < -0.4 is 5.32 Å². The van der Waals surface area contributed by atoms with Crippen molar-refractivity contribution in [3.8, 4) is 0 Å². The van der Waals surface area contributed by atoms with Crippen molar-refractivity contribution in [2.24, 2.45) is 0 Å². The fraction of sp³-hybridized carbons (Fsp3) is 0.286. The highest BCUT2D eigenvalue weighted by Crippen LogP contribution is 2.47. The summed E-state index contributed by atoms with van der Waals surface area (Å²) in [6.45, 7) is 2.43. The van der Waals surface area contributed by atoms with Gasteiger partial charge in [0.2, 0.25) is 5.89 Å². The summed E-state index contributed by atoms with van der Waals surface area (Å²) < 4.78 is 5.00. The number of aryl methyl sites for hydroxylation is 1. The normalized spacial score (nSPS) is 14.7. The lowest BCUT2D eigenvalue weighted by Crippen LogP contribution is -2.32. The Bertz CT molecular complexity index is 935. The molecule has 0 saturated heterocycles. The number of rotatable bonds is 7. The highest BCUT2D eigenvalue weighted by molar-refractivity contribution is 7.98. The number of aromatic nitrogens is 2. The van der Waals surface area contributed by atoms with E-state index in [1.54, 1.807) is 18.7 Å². The molecule has 6 heteroatoms. The molecule has 1 heterocycles. The molecule has 1 amide bonds. The van der Waals surface area contributed by atoms with Crippen molar-refractivity contribution >= 4 is 17.7 Å². The highest BCUT2D eigenvalue weighted by atomic mass is 32.2. The van der Waals surface area contributed by atoms with Crippen molar-refractivity contribution in [2.45, 2.75) is 35.8 Å². The Labute approximate surface area is 162 Å². The zero-order valence-electron chi connectivity index (χ0n) is 15.1. The third-order valence-electron chi connectivity index (χ3n) is 4.89. The van der Waals surface area contributed by atoms with Crippen LogP contribution in [0.2, 0.25) is 0 Å². The maximum atomic E-state index is 12.8. The number of benzene rings is 2. The van der Waals surface area contributed by atoms with E-state index in [1.165, 1.54) is 5.56 Å². The molecule has 0 radical (unpaired) electrons. The van der Waals surface area contributed by atoms with Crippen LogP contribution in [0.5, 0.6) is 0 Å². The van der Waals surface area contributed by atoms with Crippen molar-refractivity contribution in [1.29, 1.82) is 0 Å². The molecule has 1 fully saturated rings. The summed E-state index contributed by atoms with van der Waals surface area (Å²) in [6.07, 6.45) is 2.23. The van der Waals surface area contributed by atoms with Gasteiger partial charge in [-0.05, 0) is 30.5 Å². The number of thioether (sulfide) groups is 1. The molecule has 0 spiro atoms. The van der Waals surface area contributed by atoms with Crippen molar-refractivity contribution in [3.63, 3.8) is 0 Å². The average Bonchev–Trinajstić information content (AvgIpc) is 3.39. The van der Waals surface area contributed by atoms with E-state index in [0.717, 1.165) is 17.7 Å². The van der Waals surface area contributed by atoms with Crippen LogP contribution >= 0.6 is 11.8 Å². The first-order valence-electron chi connectivity index (χ1n) is 9.01. The topological polar surface area (TPSA) is 68.0 Å². The molecule has 0 bridgehead atoms. The lowest BCUT2D eigenvalue weighted by molar-refractivity contribution is 0.0947. The van der Waals surface area contributed by atoms with Crippen molar-refractivity contribution in [3.05, 3.63) is 77.4 Å². The minimum Gasteiger partial charge on any atom is -0.351 e. The molecule has 4 rings (SSSR count). The number of hydrogen-bond acceptors (Lipinski definition) is 5. The molecule has 27 heavy (non-hydrogen) atoms. The smallest absolute Gasteiger partial charge is 0.252 e. The summed E-state index contributed by atoms with van der Waals surface area (Å²) in [7, 11) is 0. The number of carbonyl (C=O) groups is 1. The molecule has 1 aliphatic carbocycles. The van der Waals surface area contributed by atoms with Gasteiger partial charge in [-0.2, -0.15) is 4.98 Å². The lowest BCUT2D eigenvalue weighted by atomic mass is 9.96. The number of nitrogens with one attached hydrogen (secondary N) is 1. The van der Waals surface area contributed by atoms with Crippen molar-refractivity contribution in [1.82, 2.24) is 15.5 Å². The van der Waals surface area contributed by atoms with Crippen LogP contribution in [0.4, 0.5) is 0 Å². The third kappa shape index (κ3) is 4.06.